The maximum absolute atomic E-state index is 12.4. The maximum Gasteiger partial charge on any atom is 0.316 e. The summed E-state index contributed by atoms with van der Waals surface area (Å²) >= 11 is 5.78. The number of rotatable bonds is 7. The molecule has 0 fully saturated rings. The molecule has 23 heavy (non-hydrogen) atoms. The molecule has 9 heteroatoms. The van der Waals surface area contributed by atoms with Gasteiger partial charge in [-0.05, 0) is 45.0 Å². The van der Waals surface area contributed by atoms with Gasteiger partial charge in [0.05, 0.1) is 17.5 Å². The predicted octanol–water partition coefficient (Wildman–Crippen LogP) is 2.39. The molecule has 0 saturated heterocycles. The van der Waals surface area contributed by atoms with Crippen LogP contribution in [0, 0.1) is 0 Å². The van der Waals surface area contributed by atoms with E-state index < -0.39 is 16.1 Å². The van der Waals surface area contributed by atoms with Gasteiger partial charge in [-0.1, -0.05) is 16.7 Å². The first-order valence-corrected chi connectivity index (χ1v) is 9.09. The van der Waals surface area contributed by atoms with E-state index in [1.165, 1.54) is 24.3 Å². The van der Waals surface area contributed by atoms with Crippen LogP contribution < -0.4 is 9.46 Å². The van der Waals surface area contributed by atoms with E-state index in [0.29, 0.717) is 30.0 Å². The fourth-order valence-corrected chi connectivity index (χ4v) is 3.45. The van der Waals surface area contributed by atoms with Crippen LogP contribution in [0.15, 0.2) is 29.2 Å². The third-order valence-corrected chi connectivity index (χ3v) is 4.99. The summed E-state index contributed by atoms with van der Waals surface area (Å²) in [5.74, 6) is 0.494. The molecule has 0 radical (unpaired) electrons. The van der Waals surface area contributed by atoms with E-state index in [1.807, 2.05) is 13.8 Å². The molecule has 1 N–H and O–H groups in total. The summed E-state index contributed by atoms with van der Waals surface area (Å²) in [7, 11) is -3.68. The summed E-state index contributed by atoms with van der Waals surface area (Å²) in [5.41, 5.74) is 0. The molecule has 126 valence electrons. The fourth-order valence-electron chi connectivity index (χ4n) is 2.12. The molecule has 0 aliphatic rings. The number of benzene rings is 1. The van der Waals surface area contributed by atoms with E-state index in [4.69, 9.17) is 16.3 Å². The fraction of sp³-hybridized carbons (Fsp3) is 0.429. The van der Waals surface area contributed by atoms with Gasteiger partial charge in [0.2, 0.25) is 10.0 Å². The van der Waals surface area contributed by atoms with Crippen molar-refractivity contribution in [2.45, 2.75) is 38.3 Å². The Morgan fingerprint density at radius 3 is 2.48 bits per heavy atom. The molecule has 1 aromatic carbocycles. The number of nitrogens with zero attached hydrogens (tertiary/aromatic N) is 3. The highest BCUT2D eigenvalue weighted by Crippen LogP contribution is 2.20. The molecule has 1 heterocycles. The minimum Gasteiger partial charge on any atom is -0.464 e. The molecule has 0 spiro atoms. The van der Waals surface area contributed by atoms with Gasteiger partial charge in [-0.15, -0.1) is 5.10 Å². The van der Waals surface area contributed by atoms with Crippen molar-refractivity contribution in [1.29, 1.82) is 0 Å². The minimum atomic E-state index is -3.68. The molecule has 0 aliphatic carbocycles. The van der Waals surface area contributed by atoms with Crippen LogP contribution >= 0.6 is 11.6 Å². The van der Waals surface area contributed by atoms with Gasteiger partial charge in [0.1, 0.15) is 0 Å². The van der Waals surface area contributed by atoms with Crippen LogP contribution in [0.25, 0.3) is 0 Å². The Morgan fingerprint density at radius 2 is 1.91 bits per heavy atom. The summed E-state index contributed by atoms with van der Waals surface area (Å²) < 4.78 is 34.5. The molecular weight excluding hydrogens is 340 g/mol. The quantitative estimate of drug-likeness (QED) is 0.821. The van der Waals surface area contributed by atoms with E-state index in [9.17, 15) is 8.42 Å². The van der Waals surface area contributed by atoms with Gasteiger partial charge in [0, 0.05) is 11.6 Å². The normalized spacial score (nSPS) is 13.0. The molecule has 1 atom stereocenters. The van der Waals surface area contributed by atoms with Crippen LogP contribution in [0.1, 0.15) is 32.6 Å². The molecular formula is C14H19ClN4O3S. The van der Waals surface area contributed by atoms with Crippen molar-refractivity contribution in [3.8, 4) is 6.01 Å². The predicted molar refractivity (Wildman–Crippen MR) is 87.1 cm³/mol. The van der Waals surface area contributed by atoms with E-state index >= 15 is 0 Å². The number of nitrogens with one attached hydrogen (secondary N) is 1. The summed E-state index contributed by atoms with van der Waals surface area (Å²) in [6, 6.07) is 5.78. The minimum absolute atomic E-state index is 0.140. The average Bonchev–Trinajstić information content (AvgIpc) is 2.90. The molecule has 0 amide bonds. The Bertz CT molecular complexity index is 759. The zero-order chi connectivity index (χ0) is 17.0. The Balaban J connectivity index is 2.24. The first-order chi connectivity index (χ1) is 10.9. The van der Waals surface area contributed by atoms with Crippen LogP contribution in [0.3, 0.4) is 0 Å². The summed E-state index contributed by atoms with van der Waals surface area (Å²) in [6.45, 7) is 6.50. The lowest BCUT2D eigenvalue weighted by Gasteiger charge is -2.15. The lowest BCUT2D eigenvalue weighted by Crippen LogP contribution is -2.29. The van der Waals surface area contributed by atoms with E-state index in [1.54, 1.807) is 11.5 Å². The summed E-state index contributed by atoms with van der Waals surface area (Å²) in [5, 5.41) is 8.46. The van der Waals surface area contributed by atoms with Crippen molar-refractivity contribution in [1.82, 2.24) is 19.5 Å². The van der Waals surface area contributed by atoms with E-state index in [2.05, 4.69) is 14.9 Å². The zero-order valence-electron chi connectivity index (χ0n) is 13.2. The average molecular weight is 359 g/mol. The van der Waals surface area contributed by atoms with Crippen molar-refractivity contribution in [2.24, 2.45) is 0 Å². The molecule has 0 aliphatic heterocycles. The second-order valence-corrected chi connectivity index (χ2v) is 6.97. The third kappa shape index (κ3) is 4.01. The van der Waals surface area contributed by atoms with E-state index in [-0.39, 0.29) is 4.90 Å². The molecule has 2 aromatic rings. The van der Waals surface area contributed by atoms with Gasteiger partial charge in [0.25, 0.3) is 0 Å². The smallest absolute Gasteiger partial charge is 0.316 e. The van der Waals surface area contributed by atoms with Crippen LogP contribution in [0.2, 0.25) is 5.02 Å². The number of ether oxygens (including phenoxy) is 1. The van der Waals surface area contributed by atoms with Crippen molar-refractivity contribution >= 4 is 21.6 Å². The van der Waals surface area contributed by atoms with Gasteiger partial charge < -0.3 is 4.74 Å². The molecule has 0 saturated carbocycles. The molecule has 0 unspecified atom stereocenters. The first-order valence-electron chi connectivity index (χ1n) is 7.22. The van der Waals surface area contributed by atoms with Crippen molar-refractivity contribution < 1.29 is 13.2 Å². The highest BCUT2D eigenvalue weighted by molar-refractivity contribution is 7.89. The lowest BCUT2D eigenvalue weighted by molar-refractivity contribution is 0.294. The van der Waals surface area contributed by atoms with Crippen molar-refractivity contribution in [2.75, 3.05) is 6.61 Å². The Kier molecular flexibility index (Phi) is 5.61. The van der Waals surface area contributed by atoms with Gasteiger partial charge in [-0.25, -0.2) is 13.1 Å². The number of hydrogen-bond donors (Lipinski definition) is 1. The largest absolute Gasteiger partial charge is 0.464 e. The van der Waals surface area contributed by atoms with Crippen molar-refractivity contribution in [3.05, 3.63) is 35.1 Å². The van der Waals surface area contributed by atoms with Gasteiger partial charge >= 0.3 is 6.01 Å². The Hall–Kier alpha value is -1.64. The van der Waals surface area contributed by atoms with Gasteiger partial charge in [-0.3, -0.25) is 4.57 Å². The van der Waals surface area contributed by atoms with Crippen molar-refractivity contribution in [3.63, 3.8) is 0 Å². The molecule has 0 bridgehead atoms. The topological polar surface area (TPSA) is 86.1 Å². The number of sulfonamides is 1. The van der Waals surface area contributed by atoms with Gasteiger partial charge in [0.15, 0.2) is 5.82 Å². The Labute approximate surface area is 140 Å². The van der Waals surface area contributed by atoms with Gasteiger partial charge in [-0.2, -0.15) is 0 Å². The second-order valence-electron chi connectivity index (χ2n) is 4.81. The molecule has 7 nitrogen and oxygen atoms in total. The SMILES string of the molecule is CCOc1nnc([C@@H](C)NS(=O)(=O)c2ccc(Cl)cc2)n1CC. The summed E-state index contributed by atoms with van der Waals surface area (Å²) in [4.78, 5) is 0.140. The second kappa shape index (κ2) is 7.29. The standard InChI is InChI=1S/C14H19ClN4O3S/c1-4-19-13(16-17-14(19)22-5-2)10(3)18-23(20,21)12-8-6-11(15)7-9-12/h6-10,18H,4-5H2,1-3H3/t10-/m1/s1. The number of aromatic nitrogens is 3. The maximum atomic E-state index is 12.4. The Morgan fingerprint density at radius 1 is 1.26 bits per heavy atom. The van der Waals surface area contributed by atoms with Crippen LogP contribution in [0.5, 0.6) is 6.01 Å². The monoisotopic (exact) mass is 358 g/mol. The highest BCUT2D eigenvalue weighted by atomic mass is 35.5. The van der Waals surface area contributed by atoms with Crippen LogP contribution in [-0.4, -0.2) is 29.8 Å². The summed E-state index contributed by atoms with van der Waals surface area (Å²) in [6.07, 6.45) is 0. The highest BCUT2D eigenvalue weighted by Gasteiger charge is 2.23. The first kappa shape index (κ1) is 17.7. The lowest BCUT2D eigenvalue weighted by atomic mass is 10.3. The van der Waals surface area contributed by atoms with Crippen LogP contribution in [0.4, 0.5) is 0 Å². The molecule has 2 rings (SSSR count). The third-order valence-electron chi connectivity index (χ3n) is 3.18. The zero-order valence-corrected chi connectivity index (χ0v) is 14.7. The van der Waals surface area contributed by atoms with Crippen LogP contribution in [-0.2, 0) is 16.6 Å². The molecule has 1 aromatic heterocycles. The number of halogens is 1. The van der Waals surface area contributed by atoms with E-state index in [0.717, 1.165) is 0 Å². The number of hydrogen-bond acceptors (Lipinski definition) is 5.